The highest BCUT2D eigenvalue weighted by Crippen LogP contribution is 2.23. The average Bonchev–Trinajstić information content (AvgIpc) is 2.32. The summed E-state index contributed by atoms with van der Waals surface area (Å²) in [4.78, 5) is 34.2. The van der Waals surface area contributed by atoms with E-state index in [-0.39, 0.29) is 0 Å². The Morgan fingerprint density at radius 3 is 1.88 bits per heavy atom. The third-order valence-electron chi connectivity index (χ3n) is 2.32. The highest BCUT2D eigenvalue weighted by Gasteiger charge is 2.44. The van der Waals surface area contributed by atoms with Crippen molar-refractivity contribution in [3.8, 4) is 0 Å². The molecule has 0 aliphatic carbocycles. The number of nitrogens with one attached hydrogen (secondary N) is 1. The normalized spacial score (nSPS) is 12.3. The van der Waals surface area contributed by atoms with Crippen molar-refractivity contribution in [2.75, 3.05) is 21.3 Å². The molecule has 0 saturated heterocycles. The first-order chi connectivity index (χ1) is 7.81. The van der Waals surface area contributed by atoms with Crippen LogP contribution in [0, 0.1) is 5.41 Å². The number of esters is 2. The fraction of sp³-hybridized carbons (Fsp3) is 0.700. The third-order valence-corrected chi connectivity index (χ3v) is 2.32. The second-order valence-corrected chi connectivity index (χ2v) is 3.81. The lowest BCUT2D eigenvalue weighted by Crippen LogP contribution is -2.54. The third kappa shape index (κ3) is 3.61. The summed E-state index contributed by atoms with van der Waals surface area (Å²) in [5.41, 5.74) is -1.27. The predicted octanol–water partition coefficient (Wildman–Crippen LogP) is 0.0832. The van der Waals surface area contributed by atoms with Crippen molar-refractivity contribution in [1.82, 2.24) is 5.32 Å². The Hall–Kier alpha value is -1.79. The van der Waals surface area contributed by atoms with Crippen LogP contribution in [0.3, 0.4) is 0 Å². The molecule has 1 atom stereocenters. The number of methoxy groups -OCH3 is 3. The van der Waals surface area contributed by atoms with Gasteiger partial charge in [-0.25, -0.2) is 9.59 Å². The molecule has 0 fully saturated rings. The molecule has 0 aromatic heterocycles. The molecule has 0 aliphatic heterocycles. The van der Waals surface area contributed by atoms with E-state index in [4.69, 9.17) is 0 Å². The minimum atomic E-state index is -1.27. The molecule has 0 rings (SSSR count). The number of hydrogen-bond donors (Lipinski definition) is 1. The summed E-state index contributed by atoms with van der Waals surface area (Å²) in [7, 11) is 3.49. The molecule has 7 nitrogen and oxygen atoms in total. The maximum atomic E-state index is 11.5. The lowest BCUT2D eigenvalue weighted by atomic mass is 9.84. The number of rotatable bonds is 4. The van der Waals surface area contributed by atoms with E-state index in [1.807, 2.05) is 0 Å². The molecule has 0 saturated carbocycles. The molecular formula is C10H17NO6. The first kappa shape index (κ1) is 15.2. The monoisotopic (exact) mass is 247 g/mol. The molecule has 0 aromatic rings. The zero-order valence-electron chi connectivity index (χ0n) is 10.5. The SMILES string of the molecule is COC(=O)NC(C(=O)OC)C(C)(C)C(=O)OC. The van der Waals surface area contributed by atoms with Crippen molar-refractivity contribution < 1.29 is 28.6 Å². The summed E-state index contributed by atoms with van der Waals surface area (Å²) >= 11 is 0. The molecule has 0 radical (unpaired) electrons. The van der Waals surface area contributed by atoms with Gasteiger partial charge in [0.1, 0.15) is 6.04 Å². The van der Waals surface area contributed by atoms with E-state index in [9.17, 15) is 14.4 Å². The highest BCUT2D eigenvalue weighted by molar-refractivity contribution is 5.89. The summed E-state index contributed by atoms with van der Waals surface area (Å²) in [5.74, 6) is -1.41. The molecule has 0 aliphatic rings. The first-order valence-corrected chi connectivity index (χ1v) is 4.82. The number of hydrogen-bond acceptors (Lipinski definition) is 6. The smallest absolute Gasteiger partial charge is 0.407 e. The van der Waals surface area contributed by atoms with E-state index in [1.54, 1.807) is 0 Å². The average molecular weight is 247 g/mol. The van der Waals surface area contributed by atoms with Crippen LogP contribution in [0.25, 0.3) is 0 Å². The van der Waals surface area contributed by atoms with Crippen LogP contribution in [-0.2, 0) is 23.8 Å². The molecule has 0 aromatic carbocycles. The minimum absolute atomic E-state index is 0.649. The largest absolute Gasteiger partial charge is 0.469 e. The van der Waals surface area contributed by atoms with Crippen LogP contribution in [0.5, 0.6) is 0 Å². The van der Waals surface area contributed by atoms with E-state index < -0.39 is 29.5 Å². The van der Waals surface area contributed by atoms with E-state index in [0.717, 1.165) is 14.2 Å². The molecule has 1 N–H and O–H groups in total. The molecule has 0 bridgehead atoms. The van der Waals surface area contributed by atoms with Crippen LogP contribution >= 0.6 is 0 Å². The lowest BCUT2D eigenvalue weighted by molar-refractivity contribution is -0.160. The molecule has 17 heavy (non-hydrogen) atoms. The summed E-state index contributed by atoms with van der Waals surface area (Å²) < 4.78 is 13.5. The molecule has 7 heteroatoms. The number of carbonyl (C=O) groups is 3. The number of carbonyl (C=O) groups excluding carboxylic acids is 3. The van der Waals surface area contributed by atoms with Crippen LogP contribution in [0.1, 0.15) is 13.8 Å². The van der Waals surface area contributed by atoms with Crippen LogP contribution < -0.4 is 5.32 Å². The van der Waals surface area contributed by atoms with Crippen LogP contribution in [0.4, 0.5) is 4.79 Å². The quantitative estimate of drug-likeness (QED) is 0.559. The molecule has 1 amide bonds. The zero-order valence-corrected chi connectivity index (χ0v) is 10.5. The van der Waals surface area contributed by atoms with Crippen molar-refractivity contribution in [2.45, 2.75) is 19.9 Å². The summed E-state index contributed by atoms with van der Waals surface area (Å²) in [6, 6.07) is -1.19. The van der Waals surface area contributed by atoms with Gasteiger partial charge in [0.05, 0.1) is 26.7 Å². The summed E-state index contributed by atoms with van der Waals surface area (Å²) in [6.45, 7) is 2.91. The Bertz CT molecular complexity index is 312. The van der Waals surface area contributed by atoms with Crippen LogP contribution in [-0.4, -0.2) is 45.4 Å². The van der Waals surface area contributed by atoms with Crippen molar-refractivity contribution in [1.29, 1.82) is 0 Å². The first-order valence-electron chi connectivity index (χ1n) is 4.82. The Balaban J connectivity index is 5.10. The Morgan fingerprint density at radius 2 is 1.53 bits per heavy atom. The van der Waals surface area contributed by atoms with Gasteiger partial charge < -0.3 is 19.5 Å². The Morgan fingerprint density at radius 1 is 1.00 bits per heavy atom. The molecule has 1 unspecified atom stereocenters. The Kier molecular flexibility index (Phi) is 5.43. The van der Waals surface area contributed by atoms with Gasteiger partial charge in [-0.3, -0.25) is 4.79 Å². The van der Waals surface area contributed by atoms with Gasteiger partial charge in [-0.2, -0.15) is 0 Å². The van der Waals surface area contributed by atoms with Gasteiger partial charge in [0.25, 0.3) is 0 Å². The fourth-order valence-electron chi connectivity index (χ4n) is 1.21. The molecule has 0 heterocycles. The maximum absolute atomic E-state index is 11.5. The fourth-order valence-corrected chi connectivity index (χ4v) is 1.21. The van der Waals surface area contributed by atoms with Crippen molar-refractivity contribution in [2.24, 2.45) is 5.41 Å². The maximum Gasteiger partial charge on any atom is 0.407 e. The van der Waals surface area contributed by atoms with Gasteiger partial charge in [-0.05, 0) is 13.8 Å². The van der Waals surface area contributed by atoms with Gasteiger partial charge in [0, 0.05) is 0 Å². The highest BCUT2D eigenvalue weighted by atomic mass is 16.5. The minimum Gasteiger partial charge on any atom is -0.469 e. The zero-order chi connectivity index (χ0) is 13.6. The summed E-state index contributed by atoms with van der Waals surface area (Å²) in [6.07, 6.45) is -0.836. The van der Waals surface area contributed by atoms with Crippen molar-refractivity contribution >= 4 is 18.0 Å². The van der Waals surface area contributed by atoms with E-state index in [2.05, 4.69) is 19.5 Å². The second kappa shape index (κ2) is 6.07. The molecular weight excluding hydrogens is 230 g/mol. The predicted molar refractivity (Wildman–Crippen MR) is 57.1 cm³/mol. The van der Waals surface area contributed by atoms with Gasteiger partial charge in [-0.15, -0.1) is 0 Å². The number of alkyl carbamates (subject to hydrolysis) is 1. The second-order valence-electron chi connectivity index (χ2n) is 3.81. The summed E-state index contributed by atoms with van der Waals surface area (Å²) in [5, 5.41) is 2.24. The van der Waals surface area contributed by atoms with Crippen molar-refractivity contribution in [3.05, 3.63) is 0 Å². The van der Waals surface area contributed by atoms with Crippen LogP contribution in [0.15, 0.2) is 0 Å². The Labute approximate surface area is 99.4 Å². The lowest BCUT2D eigenvalue weighted by Gasteiger charge is -2.29. The van der Waals surface area contributed by atoms with E-state index in [1.165, 1.54) is 21.0 Å². The number of amides is 1. The van der Waals surface area contributed by atoms with Crippen LogP contribution in [0.2, 0.25) is 0 Å². The van der Waals surface area contributed by atoms with Gasteiger partial charge >= 0.3 is 18.0 Å². The van der Waals surface area contributed by atoms with Gasteiger partial charge in [-0.1, -0.05) is 0 Å². The topological polar surface area (TPSA) is 90.9 Å². The standard InChI is InChI=1S/C10H17NO6/c1-10(2,8(13)16-4)6(7(12)15-3)11-9(14)17-5/h6H,1-5H3,(H,11,14). The molecule has 0 spiro atoms. The van der Waals surface area contributed by atoms with Gasteiger partial charge in [0.2, 0.25) is 0 Å². The van der Waals surface area contributed by atoms with Gasteiger partial charge in [0.15, 0.2) is 0 Å². The molecule has 98 valence electrons. The number of ether oxygens (including phenoxy) is 3. The van der Waals surface area contributed by atoms with E-state index in [0.29, 0.717) is 0 Å². The van der Waals surface area contributed by atoms with Crippen molar-refractivity contribution in [3.63, 3.8) is 0 Å². The van der Waals surface area contributed by atoms with E-state index >= 15 is 0 Å².